The third-order valence-electron chi connectivity index (χ3n) is 3.00. The van der Waals surface area contributed by atoms with Crippen molar-refractivity contribution in [3.8, 4) is 5.75 Å². The van der Waals surface area contributed by atoms with Crippen molar-refractivity contribution in [1.29, 1.82) is 0 Å². The van der Waals surface area contributed by atoms with Crippen LogP contribution in [0.4, 0.5) is 5.69 Å². The number of rotatable bonds is 5. The summed E-state index contributed by atoms with van der Waals surface area (Å²) in [6.07, 6.45) is 0.866. The lowest BCUT2D eigenvalue weighted by atomic mass is 10.0. The molecule has 0 saturated carbocycles. The summed E-state index contributed by atoms with van der Waals surface area (Å²) in [5.41, 5.74) is 7.19. The third kappa shape index (κ3) is 3.95. The Kier molecular flexibility index (Phi) is 4.59. The maximum Gasteiger partial charge on any atom is 0.258 e. The number of nitrogen functional groups attached to an aromatic ring is 1. The first-order valence-corrected chi connectivity index (χ1v) is 6.14. The van der Waals surface area contributed by atoms with E-state index in [2.05, 4.69) is 5.32 Å². The van der Waals surface area contributed by atoms with Crippen LogP contribution in [0.1, 0.15) is 32.8 Å². The van der Waals surface area contributed by atoms with Gasteiger partial charge >= 0.3 is 0 Å². The van der Waals surface area contributed by atoms with Crippen LogP contribution in [0.25, 0.3) is 0 Å². The molecule has 0 atom stereocenters. The molecule has 1 amide bonds. The molecule has 0 unspecified atom stereocenters. The number of para-hydroxylation sites is 1. The highest BCUT2D eigenvalue weighted by molar-refractivity contribution is 5.78. The van der Waals surface area contributed by atoms with Crippen molar-refractivity contribution in [1.82, 2.24) is 5.32 Å². The molecule has 1 rings (SSSR count). The van der Waals surface area contributed by atoms with Gasteiger partial charge in [0.05, 0.1) is 5.69 Å². The lowest BCUT2D eigenvalue weighted by Gasteiger charge is -2.24. The second-order valence-electron chi connectivity index (χ2n) is 5.06. The molecule has 0 bridgehead atoms. The number of carbonyl (C=O) groups is 1. The molecule has 1 aromatic rings. The van der Waals surface area contributed by atoms with Gasteiger partial charge in [-0.2, -0.15) is 0 Å². The standard InChI is InChI=1S/C14H22N2O2/c1-5-14(3,4)16-12(17)9-18-11-8-6-7-10(2)13(11)15/h6-8H,5,9,15H2,1-4H3,(H,16,17). The summed E-state index contributed by atoms with van der Waals surface area (Å²) in [7, 11) is 0. The highest BCUT2D eigenvalue weighted by Gasteiger charge is 2.18. The number of aryl methyl sites for hydroxylation is 1. The minimum atomic E-state index is -0.210. The van der Waals surface area contributed by atoms with E-state index in [1.165, 1.54) is 0 Å². The van der Waals surface area contributed by atoms with Gasteiger partial charge in [0.1, 0.15) is 5.75 Å². The molecular formula is C14H22N2O2. The normalized spacial score (nSPS) is 11.1. The van der Waals surface area contributed by atoms with Crippen molar-refractivity contribution in [2.24, 2.45) is 0 Å². The fourth-order valence-corrected chi connectivity index (χ4v) is 1.42. The predicted octanol–water partition coefficient (Wildman–Crippen LogP) is 2.26. The average Bonchev–Trinajstić information content (AvgIpc) is 2.30. The first-order chi connectivity index (χ1) is 8.35. The zero-order valence-corrected chi connectivity index (χ0v) is 11.5. The Hall–Kier alpha value is -1.71. The molecule has 18 heavy (non-hydrogen) atoms. The quantitative estimate of drug-likeness (QED) is 0.788. The van der Waals surface area contributed by atoms with Crippen LogP contribution in [-0.2, 0) is 4.79 Å². The lowest BCUT2D eigenvalue weighted by Crippen LogP contribution is -2.44. The molecule has 0 aliphatic rings. The largest absolute Gasteiger partial charge is 0.482 e. The molecule has 0 spiro atoms. The number of ether oxygens (including phenoxy) is 1. The van der Waals surface area contributed by atoms with E-state index in [0.717, 1.165) is 12.0 Å². The molecule has 0 radical (unpaired) electrons. The lowest BCUT2D eigenvalue weighted by molar-refractivity contribution is -0.124. The van der Waals surface area contributed by atoms with Gasteiger partial charge in [0.15, 0.2) is 6.61 Å². The molecule has 0 aliphatic carbocycles. The molecule has 1 aromatic carbocycles. The van der Waals surface area contributed by atoms with Crippen molar-refractivity contribution in [2.45, 2.75) is 39.7 Å². The van der Waals surface area contributed by atoms with E-state index in [-0.39, 0.29) is 18.1 Å². The molecule has 0 fully saturated rings. The van der Waals surface area contributed by atoms with Gasteiger partial charge < -0.3 is 15.8 Å². The van der Waals surface area contributed by atoms with Gasteiger partial charge in [-0.25, -0.2) is 0 Å². The van der Waals surface area contributed by atoms with Crippen LogP contribution >= 0.6 is 0 Å². The van der Waals surface area contributed by atoms with E-state index < -0.39 is 0 Å². The summed E-state index contributed by atoms with van der Waals surface area (Å²) in [4.78, 5) is 11.7. The fourth-order valence-electron chi connectivity index (χ4n) is 1.42. The predicted molar refractivity (Wildman–Crippen MR) is 73.6 cm³/mol. The smallest absolute Gasteiger partial charge is 0.258 e. The SMILES string of the molecule is CCC(C)(C)NC(=O)COc1cccc(C)c1N. The van der Waals surface area contributed by atoms with E-state index in [1.54, 1.807) is 6.07 Å². The van der Waals surface area contributed by atoms with E-state index in [1.807, 2.05) is 39.8 Å². The number of benzene rings is 1. The Morgan fingerprint density at radius 1 is 1.44 bits per heavy atom. The van der Waals surface area contributed by atoms with E-state index in [0.29, 0.717) is 11.4 Å². The van der Waals surface area contributed by atoms with E-state index in [4.69, 9.17) is 10.5 Å². The molecule has 3 N–H and O–H groups in total. The van der Waals surface area contributed by atoms with Crippen molar-refractivity contribution in [3.63, 3.8) is 0 Å². The zero-order chi connectivity index (χ0) is 13.8. The van der Waals surface area contributed by atoms with E-state index in [9.17, 15) is 4.79 Å². The number of anilines is 1. The van der Waals surface area contributed by atoms with Gasteiger partial charge in [-0.15, -0.1) is 0 Å². The van der Waals surface area contributed by atoms with Gasteiger partial charge in [-0.1, -0.05) is 19.1 Å². The highest BCUT2D eigenvalue weighted by Crippen LogP contribution is 2.24. The van der Waals surface area contributed by atoms with Crippen molar-refractivity contribution in [2.75, 3.05) is 12.3 Å². The molecule has 100 valence electrons. The second-order valence-corrected chi connectivity index (χ2v) is 5.06. The summed E-state index contributed by atoms with van der Waals surface area (Å²) in [5.74, 6) is 0.419. The van der Waals surface area contributed by atoms with Gasteiger partial charge in [-0.3, -0.25) is 4.79 Å². The Bertz CT molecular complexity index is 428. The molecule has 0 aliphatic heterocycles. The van der Waals surface area contributed by atoms with Crippen LogP contribution in [0.2, 0.25) is 0 Å². The van der Waals surface area contributed by atoms with Crippen molar-refractivity contribution < 1.29 is 9.53 Å². The summed E-state index contributed by atoms with van der Waals surface area (Å²) in [5, 5.41) is 2.91. The van der Waals surface area contributed by atoms with Crippen molar-refractivity contribution >= 4 is 11.6 Å². The van der Waals surface area contributed by atoms with Crippen LogP contribution in [0.15, 0.2) is 18.2 Å². The third-order valence-corrected chi connectivity index (χ3v) is 3.00. The van der Waals surface area contributed by atoms with Gasteiger partial charge in [0, 0.05) is 5.54 Å². The minimum absolute atomic E-state index is 0.0168. The Morgan fingerprint density at radius 3 is 2.72 bits per heavy atom. The van der Waals surface area contributed by atoms with Gasteiger partial charge in [0.2, 0.25) is 0 Å². The van der Waals surface area contributed by atoms with Crippen LogP contribution in [0.5, 0.6) is 5.75 Å². The molecular weight excluding hydrogens is 228 g/mol. The average molecular weight is 250 g/mol. The topological polar surface area (TPSA) is 64.3 Å². The number of hydrogen-bond donors (Lipinski definition) is 2. The number of carbonyl (C=O) groups excluding carboxylic acids is 1. The second kappa shape index (κ2) is 5.76. The molecule has 4 heteroatoms. The molecule has 0 aromatic heterocycles. The zero-order valence-electron chi connectivity index (χ0n) is 11.5. The number of amides is 1. The number of nitrogens with one attached hydrogen (secondary N) is 1. The Labute approximate surface area is 109 Å². The van der Waals surface area contributed by atoms with Crippen LogP contribution in [0, 0.1) is 6.92 Å². The molecule has 0 saturated heterocycles. The number of nitrogens with two attached hydrogens (primary N) is 1. The maximum atomic E-state index is 11.7. The Morgan fingerprint density at radius 2 is 2.11 bits per heavy atom. The monoisotopic (exact) mass is 250 g/mol. The summed E-state index contributed by atoms with van der Waals surface area (Å²) in [6, 6.07) is 5.53. The minimum Gasteiger partial charge on any atom is -0.482 e. The Balaban J connectivity index is 2.56. The van der Waals surface area contributed by atoms with Crippen molar-refractivity contribution in [3.05, 3.63) is 23.8 Å². The summed E-state index contributed by atoms with van der Waals surface area (Å²) >= 11 is 0. The summed E-state index contributed by atoms with van der Waals surface area (Å²) in [6.45, 7) is 7.87. The first-order valence-electron chi connectivity index (χ1n) is 6.14. The number of hydrogen-bond acceptors (Lipinski definition) is 3. The summed E-state index contributed by atoms with van der Waals surface area (Å²) < 4.78 is 5.43. The highest BCUT2D eigenvalue weighted by atomic mass is 16.5. The maximum absolute atomic E-state index is 11.7. The van der Waals surface area contributed by atoms with Gasteiger partial charge in [-0.05, 0) is 38.8 Å². The van der Waals surface area contributed by atoms with Crippen LogP contribution in [-0.4, -0.2) is 18.1 Å². The molecule has 4 nitrogen and oxygen atoms in total. The van der Waals surface area contributed by atoms with Crippen LogP contribution in [0.3, 0.4) is 0 Å². The van der Waals surface area contributed by atoms with Gasteiger partial charge in [0.25, 0.3) is 5.91 Å². The van der Waals surface area contributed by atoms with Crippen LogP contribution < -0.4 is 15.8 Å². The molecule has 0 heterocycles. The van der Waals surface area contributed by atoms with E-state index >= 15 is 0 Å². The first kappa shape index (κ1) is 14.4. The fraction of sp³-hybridized carbons (Fsp3) is 0.500.